The summed E-state index contributed by atoms with van der Waals surface area (Å²) in [6.45, 7) is 14.1. The fourth-order valence-corrected chi connectivity index (χ4v) is 8.14. The molecule has 0 aliphatic heterocycles. The minimum atomic E-state index is -0.670. The van der Waals surface area contributed by atoms with Crippen LogP contribution in [0.25, 0.3) is 0 Å². The Hall–Kier alpha value is -1.64. The maximum atomic E-state index is 11.1. The first kappa shape index (κ1) is 28.4. The molecule has 0 amide bonds. The molecule has 0 saturated heterocycles. The summed E-state index contributed by atoms with van der Waals surface area (Å²) in [5.41, 5.74) is 5.11. The second kappa shape index (κ2) is 12.5. The average Bonchev–Trinajstić information content (AvgIpc) is 3.23. The van der Waals surface area contributed by atoms with Gasteiger partial charge in [-0.3, -0.25) is 0 Å². The van der Waals surface area contributed by atoms with Gasteiger partial charge in [0.2, 0.25) is 0 Å². The first-order valence-electron chi connectivity index (χ1n) is 15.2. The standard InChI is InChI=1S/C35H52O2/c1-24(2)11-9-12-25(3)31-20-21-32-28(15-10-22-35(31,32)5)17-18-29-23-33(36)30(34(37)26(29)4)19-16-27-13-7-6-8-14-27/h6-8,13-14,17-18,24-25,30-34,36-37H,4,9-12,15-16,19-23H2,1-3,5H3/b28-17+,29-18-/t25-,30+,31-,32+,33-,34-,35-/m1/s1. The molecule has 2 N–H and O–H groups in total. The third-order valence-corrected chi connectivity index (χ3v) is 10.4. The van der Waals surface area contributed by atoms with Crippen LogP contribution in [0.15, 0.2) is 65.8 Å². The Morgan fingerprint density at radius 3 is 2.54 bits per heavy atom. The molecule has 2 heteroatoms. The first-order valence-corrected chi connectivity index (χ1v) is 15.2. The van der Waals surface area contributed by atoms with Crippen molar-refractivity contribution in [2.45, 2.75) is 111 Å². The number of hydrogen-bond acceptors (Lipinski definition) is 2. The summed E-state index contributed by atoms with van der Waals surface area (Å²) in [5, 5.41) is 22.0. The van der Waals surface area contributed by atoms with Gasteiger partial charge in [0.05, 0.1) is 12.2 Å². The van der Waals surface area contributed by atoms with Crippen LogP contribution in [0.2, 0.25) is 0 Å². The van der Waals surface area contributed by atoms with E-state index >= 15 is 0 Å². The van der Waals surface area contributed by atoms with E-state index in [1.807, 2.05) is 18.2 Å². The van der Waals surface area contributed by atoms with Gasteiger partial charge in [0.15, 0.2) is 0 Å². The number of aliphatic hydroxyl groups excluding tert-OH is 2. The van der Waals surface area contributed by atoms with E-state index in [0.717, 1.165) is 41.7 Å². The smallest absolute Gasteiger partial charge is 0.0840 e. The number of fused-ring (bicyclic) bond motifs is 1. The Morgan fingerprint density at radius 1 is 1.05 bits per heavy atom. The van der Waals surface area contributed by atoms with E-state index < -0.39 is 12.2 Å². The van der Waals surface area contributed by atoms with Crippen LogP contribution in [0.1, 0.15) is 97.5 Å². The Balaban J connectivity index is 1.41. The van der Waals surface area contributed by atoms with Gasteiger partial charge in [0, 0.05) is 5.92 Å². The molecule has 0 aromatic heterocycles. The molecule has 1 aromatic carbocycles. The molecule has 37 heavy (non-hydrogen) atoms. The number of rotatable bonds is 9. The topological polar surface area (TPSA) is 40.5 Å². The van der Waals surface area contributed by atoms with Crippen molar-refractivity contribution in [3.63, 3.8) is 0 Å². The molecule has 4 rings (SSSR count). The van der Waals surface area contributed by atoms with E-state index in [1.165, 1.54) is 56.9 Å². The molecule has 0 bridgehead atoms. The number of aliphatic hydroxyl groups is 2. The maximum absolute atomic E-state index is 11.1. The fraction of sp³-hybridized carbons (Fsp3) is 0.657. The Kier molecular flexibility index (Phi) is 9.57. The van der Waals surface area contributed by atoms with E-state index in [9.17, 15) is 10.2 Å². The van der Waals surface area contributed by atoms with Crippen LogP contribution in [0.4, 0.5) is 0 Å². The molecule has 0 spiro atoms. The number of benzene rings is 1. The Bertz CT molecular complexity index is 957. The summed E-state index contributed by atoms with van der Waals surface area (Å²) in [7, 11) is 0. The van der Waals surface area contributed by atoms with Crippen molar-refractivity contribution in [1.29, 1.82) is 0 Å². The number of hydrogen-bond donors (Lipinski definition) is 2. The summed E-state index contributed by atoms with van der Waals surface area (Å²) in [6.07, 6.45) is 16.2. The van der Waals surface area contributed by atoms with E-state index in [-0.39, 0.29) is 5.92 Å². The zero-order valence-electron chi connectivity index (χ0n) is 24.0. The van der Waals surface area contributed by atoms with Crippen LogP contribution < -0.4 is 0 Å². The van der Waals surface area contributed by atoms with Gasteiger partial charge in [-0.15, -0.1) is 0 Å². The van der Waals surface area contributed by atoms with Gasteiger partial charge in [0.1, 0.15) is 0 Å². The van der Waals surface area contributed by atoms with E-state index in [1.54, 1.807) is 5.57 Å². The van der Waals surface area contributed by atoms with Gasteiger partial charge in [-0.25, -0.2) is 0 Å². The highest BCUT2D eigenvalue weighted by molar-refractivity contribution is 5.39. The SMILES string of the molecule is C=C1/C(=C\C=C2/CCC[C@]3(C)[C@@H]([C@H](C)CCCC(C)C)CC[C@@H]23)C[C@@H](O)[C@H](CCc2ccccc2)[C@@H]1O. The van der Waals surface area contributed by atoms with E-state index in [0.29, 0.717) is 17.8 Å². The van der Waals surface area contributed by atoms with Crippen molar-refractivity contribution in [3.05, 3.63) is 71.3 Å². The van der Waals surface area contributed by atoms with Crippen molar-refractivity contribution >= 4 is 0 Å². The lowest BCUT2D eigenvalue weighted by Gasteiger charge is -2.44. The van der Waals surface area contributed by atoms with Crippen molar-refractivity contribution in [1.82, 2.24) is 0 Å². The predicted octanol–water partition coefficient (Wildman–Crippen LogP) is 8.45. The second-order valence-corrected chi connectivity index (χ2v) is 13.3. The minimum Gasteiger partial charge on any atom is -0.392 e. The predicted molar refractivity (Wildman–Crippen MR) is 156 cm³/mol. The van der Waals surface area contributed by atoms with Gasteiger partial charge in [0.25, 0.3) is 0 Å². The monoisotopic (exact) mass is 504 g/mol. The summed E-state index contributed by atoms with van der Waals surface area (Å²) in [4.78, 5) is 0. The molecule has 3 aliphatic carbocycles. The lowest BCUT2D eigenvalue weighted by molar-refractivity contribution is 0.0144. The molecule has 3 saturated carbocycles. The molecular formula is C35H52O2. The first-order chi connectivity index (χ1) is 17.7. The normalized spacial score (nSPS) is 35.3. The minimum absolute atomic E-state index is 0.150. The molecule has 1 aromatic rings. The lowest BCUT2D eigenvalue weighted by atomic mass is 9.60. The van der Waals surface area contributed by atoms with Gasteiger partial charge < -0.3 is 10.2 Å². The lowest BCUT2D eigenvalue weighted by Crippen LogP contribution is -2.39. The van der Waals surface area contributed by atoms with Crippen LogP contribution in [0.3, 0.4) is 0 Å². The van der Waals surface area contributed by atoms with E-state index in [4.69, 9.17) is 0 Å². The molecule has 2 nitrogen and oxygen atoms in total. The molecule has 0 heterocycles. The van der Waals surface area contributed by atoms with Gasteiger partial charge in [-0.05, 0) is 97.2 Å². The molecule has 3 fully saturated rings. The molecular weight excluding hydrogens is 452 g/mol. The Morgan fingerprint density at radius 2 is 1.81 bits per heavy atom. The highest BCUT2D eigenvalue weighted by atomic mass is 16.3. The number of aryl methyl sites for hydroxylation is 1. The highest BCUT2D eigenvalue weighted by Crippen LogP contribution is 2.60. The van der Waals surface area contributed by atoms with Crippen molar-refractivity contribution in [3.8, 4) is 0 Å². The summed E-state index contributed by atoms with van der Waals surface area (Å²) < 4.78 is 0. The van der Waals surface area contributed by atoms with Crippen molar-refractivity contribution in [2.75, 3.05) is 0 Å². The van der Waals surface area contributed by atoms with Crippen LogP contribution in [0, 0.1) is 35.0 Å². The third kappa shape index (κ3) is 6.51. The van der Waals surface area contributed by atoms with Gasteiger partial charge in [-0.2, -0.15) is 0 Å². The zero-order valence-corrected chi connectivity index (χ0v) is 24.0. The zero-order chi connectivity index (χ0) is 26.6. The fourth-order valence-electron chi connectivity index (χ4n) is 8.14. The summed E-state index contributed by atoms with van der Waals surface area (Å²) in [6, 6.07) is 10.4. The Labute approximate surface area is 227 Å². The number of allylic oxidation sites excluding steroid dienone is 3. The van der Waals surface area contributed by atoms with Gasteiger partial charge >= 0.3 is 0 Å². The molecule has 0 unspecified atom stereocenters. The van der Waals surface area contributed by atoms with Crippen molar-refractivity contribution < 1.29 is 10.2 Å². The highest BCUT2D eigenvalue weighted by Gasteiger charge is 2.50. The maximum Gasteiger partial charge on any atom is 0.0840 e. The van der Waals surface area contributed by atoms with Crippen LogP contribution in [0.5, 0.6) is 0 Å². The summed E-state index contributed by atoms with van der Waals surface area (Å²) in [5.74, 6) is 2.98. The van der Waals surface area contributed by atoms with Crippen LogP contribution in [-0.4, -0.2) is 22.4 Å². The average molecular weight is 505 g/mol. The van der Waals surface area contributed by atoms with E-state index in [2.05, 4.69) is 58.6 Å². The molecule has 3 aliphatic rings. The quantitative estimate of drug-likeness (QED) is 0.354. The third-order valence-electron chi connectivity index (χ3n) is 10.4. The molecule has 7 atom stereocenters. The van der Waals surface area contributed by atoms with Gasteiger partial charge in [-0.1, -0.05) is 102 Å². The second-order valence-electron chi connectivity index (χ2n) is 13.3. The van der Waals surface area contributed by atoms with Crippen molar-refractivity contribution in [2.24, 2.45) is 35.0 Å². The molecule has 204 valence electrons. The van der Waals surface area contributed by atoms with Crippen LogP contribution in [-0.2, 0) is 6.42 Å². The largest absolute Gasteiger partial charge is 0.392 e. The van der Waals surface area contributed by atoms with Crippen LogP contribution >= 0.6 is 0 Å². The summed E-state index contributed by atoms with van der Waals surface area (Å²) >= 11 is 0. The molecule has 0 radical (unpaired) electrons.